The Morgan fingerprint density at radius 3 is 3.20 bits per heavy atom. The summed E-state index contributed by atoms with van der Waals surface area (Å²) >= 11 is 0. The predicted octanol–water partition coefficient (Wildman–Crippen LogP) is 0.498. The third kappa shape index (κ3) is 1.31. The first kappa shape index (κ1) is 6.74. The van der Waals surface area contributed by atoms with Gasteiger partial charge in [0.15, 0.2) is 0 Å². The SMILES string of the molecule is C=CCc1n[nH]ccc1=O. The Morgan fingerprint density at radius 2 is 2.60 bits per heavy atom. The average Bonchev–Trinajstić information content (AvgIpc) is 1.94. The molecule has 3 nitrogen and oxygen atoms in total. The Balaban J connectivity index is 3.03. The van der Waals surface area contributed by atoms with E-state index in [1.54, 1.807) is 6.08 Å². The maximum atomic E-state index is 10.9. The van der Waals surface area contributed by atoms with Crippen LogP contribution in [0.5, 0.6) is 0 Å². The molecular weight excluding hydrogens is 128 g/mol. The fraction of sp³-hybridized carbons (Fsp3) is 0.143. The topological polar surface area (TPSA) is 45.8 Å². The lowest BCUT2D eigenvalue weighted by Gasteiger charge is -1.89. The van der Waals surface area contributed by atoms with Gasteiger partial charge in [-0.1, -0.05) is 6.08 Å². The number of nitrogens with one attached hydrogen (secondary N) is 1. The molecule has 0 bridgehead atoms. The Hall–Kier alpha value is -1.38. The molecule has 1 aromatic heterocycles. The Morgan fingerprint density at radius 1 is 1.80 bits per heavy atom. The minimum absolute atomic E-state index is 0.0429. The van der Waals surface area contributed by atoms with Gasteiger partial charge in [0, 0.05) is 18.7 Å². The van der Waals surface area contributed by atoms with E-state index in [9.17, 15) is 4.79 Å². The minimum atomic E-state index is -0.0429. The van der Waals surface area contributed by atoms with Gasteiger partial charge in [-0.2, -0.15) is 5.10 Å². The largest absolute Gasteiger partial charge is 0.288 e. The minimum Gasteiger partial charge on any atom is -0.288 e. The van der Waals surface area contributed by atoms with Crippen LogP contribution in [0.15, 0.2) is 29.7 Å². The summed E-state index contributed by atoms with van der Waals surface area (Å²) in [5, 5.41) is 6.35. The van der Waals surface area contributed by atoms with Crippen LogP contribution in [0.4, 0.5) is 0 Å². The molecule has 52 valence electrons. The van der Waals surface area contributed by atoms with Gasteiger partial charge in [0.25, 0.3) is 0 Å². The second-order valence-electron chi connectivity index (χ2n) is 1.88. The highest BCUT2D eigenvalue weighted by molar-refractivity contribution is 5.03. The highest BCUT2D eigenvalue weighted by Gasteiger charge is 1.93. The lowest BCUT2D eigenvalue weighted by Crippen LogP contribution is -2.09. The van der Waals surface area contributed by atoms with Crippen LogP contribution in [0.2, 0.25) is 0 Å². The number of hydrogen-bond donors (Lipinski definition) is 1. The van der Waals surface area contributed by atoms with Crippen molar-refractivity contribution in [3.8, 4) is 0 Å². The van der Waals surface area contributed by atoms with Crippen molar-refractivity contribution in [3.05, 3.63) is 40.8 Å². The Labute approximate surface area is 58.4 Å². The zero-order chi connectivity index (χ0) is 7.40. The molecule has 1 N–H and O–H groups in total. The molecule has 0 unspecified atom stereocenters. The lowest BCUT2D eigenvalue weighted by atomic mass is 10.3. The second kappa shape index (κ2) is 2.96. The second-order valence-corrected chi connectivity index (χ2v) is 1.88. The predicted molar refractivity (Wildman–Crippen MR) is 38.8 cm³/mol. The number of H-pyrrole nitrogens is 1. The average molecular weight is 136 g/mol. The van der Waals surface area contributed by atoms with Gasteiger partial charge in [0.2, 0.25) is 5.43 Å². The van der Waals surface area contributed by atoms with Gasteiger partial charge in [-0.25, -0.2) is 0 Å². The number of allylic oxidation sites excluding steroid dienone is 1. The van der Waals surface area contributed by atoms with Crippen LogP contribution < -0.4 is 5.43 Å². The van der Waals surface area contributed by atoms with E-state index in [0.29, 0.717) is 12.1 Å². The fourth-order valence-corrected chi connectivity index (χ4v) is 0.662. The summed E-state index contributed by atoms with van der Waals surface area (Å²) in [5.74, 6) is 0. The maximum Gasteiger partial charge on any atom is 0.203 e. The summed E-state index contributed by atoms with van der Waals surface area (Å²) in [5.41, 5.74) is 0.469. The third-order valence-electron chi connectivity index (χ3n) is 1.13. The van der Waals surface area contributed by atoms with E-state index in [1.807, 2.05) is 0 Å². The van der Waals surface area contributed by atoms with Crippen molar-refractivity contribution >= 4 is 0 Å². The highest BCUT2D eigenvalue weighted by Crippen LogP contribution is 1.83. The van der Waals surface area contributed by atoms with Gasteiger partial charge in [-0.15, -0.1) is 6.58 Å². The van der Waals surface area contributed by atoms with Crippen molar-refractivity contribution in [1.82, 2.24) is 10.2 Å². The van der Waals surface area contributed by atoms with Crippen molar-refractivity contribution in [2.75, 3.05) is 0 Å². The maximum absolute atomic E-state index is 10.9. The molecule has 0 radical (unpaired) electrons. The van der Waals surface area contributed by atoms with Gasteiger partial charge in [-0.3, -0.25) is 9.89 Å². The van der Waals surface area contributed by atoms with Crippen LogP contribution in [0, 0.1) is 0 Å². The first-order chi connectivity index (χ1) is 4.84. The molecule has 0 saturated heterocycles. The number of hydrogen-bond acceptors (Lipinski definition) is 2. The molecule has 1 heterocycles. The molecule has 0 aromatic carbocycles. The molecular formula is C7H8N2O. The van der Waals surface area contributed by atoms with E-state index in [-0.39, 0.29) is 5.43 Å². The number of aromatic amines is 1. The lowest BCUT2D eigenvalue weighted by molar-refractivity contribution is 0.932. The summed E-state index contributed by atoms with van der Waals surface area (Å²) in [4.78, 5) is 10.9. The summed E-state index contributed by atoms with van der Waals surface area (Å²) < 4.78 is 0. The van der Waals surface area contributed by atoms with Gasteiger partial charge in [0.05, 0.1) is 0 Å². The fourth-order valence-electron chi connectivity index (χ4n) is 0.662. The van der Waals surface area contributed by atoms with Crippen LogP contribution in [0.3, 0.4) is 0 Å². The molecule has 0 saturated carbocycles. The monoisotopic (exact) mass is 136 g/mol. The molecule has 0 aliphatic rings. The molecule has 0 aliphatic heterocycles. The molecule has 10 heavy (non-hydrogen) atoms. The number of aromatic nitrogens is 2. The van der Waals surface area contributed by atoms with E-state index >= 15 is 0 Å². The smallest absolute Gasteiger partial charge is 0.203 e. The molecule has 0 spiro atoms. The van der Waals surface area contributed by atoms with Crippen molar-refractivity contribution < 1.29 is 0 Å². The Kier molecular flexibility index (Phi) is 1.99. The molecule has 1 rings (SSSR count). The zero-order valence-electron chi connectivity index (χ0n) is 5.50. The number of nitrogens with zero attached hydrogens (tertiary/aromatic N) is 1. The van der Waals surface area contributed by atoms with E-state index in [2.05, 4.69) is 16.8 Å². The van der Waals surface area contributed by atoms with E-state index in [1.165, 1.54) is 12.3 Å². The van der Waals surface area contributed by atoms with E-state index in [4.69, 9.17) is 0 Å². The van der Waals surface area contributed by atoms with E-state index < -0.39 is 0 Å². The molecule has 0 atom stereocenters. The summed E-state index contributed by atoms with van der Waals surface area (Å²) in [6.07, 6.45) is 3.68. The van der Waals surface area contributed by atoms with Crippen LogP contribution in [-0.2, 0) is 6.42 Å². The quantitative estimate of drug-likeness (QED) is 0.602. The van der Waals surface area contributed by atoms with Crippen LogP contribution >= 0.6 is 0 Å². The van der Waals surface area contributed by atoms with Crippen molar-refractivity contribution in [2.45, 2.75) is 6.42 Å². The van der Waals surface area contributed by atoms with Gasteiger partial charge in [0.1, 0.15) is 5.69 Å². The highest BCUT2D eigenvalue weighted by atomic mass is 16.1. The molecule has 0 aliphatic carbocycles. The molecule has 0 amide bonds. The number of rotatable bonds is 2. The van der Waals surface area contributed by atoms with Crippen molar-refractivity contribution in [3.63, 3.8) is 0 Å². The Bertz CT molecular complexity index is 277. The molecule has 0 fully saturated rings. The van der Waals surface area contributed by atoms with Gasteiger partial charge >= 0.3 is 0 Å². The standard InChI is InChI=1S/C7H8N2O/c1-2-3-6-7(10)4-5-8-9-6/h2,4-5H,1,3H2,(H,8,10). The van der Waals surface area contributed by atoms with Gasteiger partial charge < -0.3 is 0 Å². The third-order valence-corrected chi connectivity index (χ3v) is 1.13. The molecule has 1 aromatic rings. The first-order valence-corrected chi connectivity index (χ1v) is 2.98. The van der Waals surface area contributed by atoms with Gasteiger partial charge in [-0.05, 0) is 0 Å². The van der Waals surface area contributed by atoms with Crippen LogP contribution in [-0.4, -0.2) is 10.2 Å². The van der Waals surface area contributed by atoms with Crippen molar-refractivity contribution in [2.24, 2.45) is 0 Å². The zero-order valence-corrected chi connectivity index (χ0v) is 5.50. The molecule has 3 heteroatoms. The summed E-state index contributed by atoms with van der Waals surface area (Å²) in [6.45, 7) is 3.50. The normalized spacial score (nSPS) is 9.20. The summed E-state index contributed by atoms with van der Waals surface area (Å²) in [6, 6.07) is 1.45. The van der Waals surface area contributed by atoms with E-state index in [0.717, 1.165) is 0 Å². The van der Waals surface area contributed by atoms with Crippen LogP contribution in [0.1, 0.15) is 5.69 Å². The van der Waals surface area contributed by atoms with Crippen LogP contribution in [0.25, 0.3) is 0 Å². The summed E-state index contributed by atoms with van der Waals surface area (Å²) in [7, 11) is 0. The first-order valence-electron chi connectivity index (χ1n) is 2.98. The van der Waals surface area contributed by atoms with Crippen molar-refractivity contribution in [1.29, 1.82) is 0 Å².